The Kier molecular flexibility index (Phi) is 11.9. The standard InChI is InChI=1S/C41H54F3N7O5/c1-26(30-20-31(41(42,43)44)22-32(21-30)51(53)54)46-38-34-23-37(36(55-3)24-35(34)47-27(2)48-38)56-33-8-18-50(19-9-33)39(52)29-6-16-49(17-7-29)25-28-4-10-40(11-5-28)12-14-45-15-13-40/h20-24,26,28-29,33,45H,4-19,25H2,1-3H3,(H,46,47,48)/t26-/m1/s1. The summed E-state index contributed by atoms with van der Waals surface area (Å²) in [6.45, 7) is 10.0. The zero-order valence-corrected chi connectivity index (χ0v) is 32.6. The largest absolute Gasteiger partial charge is 0.493 e. The Morgan fingerprint density at radius 3 is 2.32 bits per heavy atom. The number of alkyl halides is 3. The van der Waals surface area contributed by atoms with Crippen molar-refractivity contribution < 1.29 is 32.4 Å². The third kappa shape index (κ3) is 9.14. The molecule has 2 N–H and O–H groups in total. The van der Waals surface area contributed by atoms with Crippen LogP contribution in [-0.4, -0.2) is 89.6 Å². The number of aromatic nitrogens is 2. The second-order valence-corrected chi connectivity index (χ2v) is 16.5. The first-order valence-corrected chi connectivity index (χ1v) is 20.2. The summed E-state index contributed by atoms with van der Waals surface area (Å²) in [5.74, 6) is 2.76. The topological polar surface area (TPSA) is 135 Å². The van der Waals surface area contributed by atoms with Crippen molar-refractivity contribution in [1.29, 1.82) is 0 Å². The van der Waals surface area contributed by atoms with Gasteiger partial charge in [0.1, 0.15) is 17.7 Å². The fourth-order valence-corrected chi connectivity index (χ4v) is 9.35. The molecule has 3 aromatic rings. The zero-order valence-electron chi connectivity index (χ0n) is 32.6. The summed E-state index contributed by atoms with van der Waals surface area (Å²) in [5.41, 5.74) is -0.555. The van der Waals surface area contributed by atoms with Gasteiger partial charge in [-0.25, -0.2) is 9.97 Å². The number of carbonyl (C=O) groups is 1. The molecule has 4 aliphatic rings. The average molecular weight is 782 g/mol. The quantitative estimate of drug-likeness (QED) is 0.156. The molecule has 0 radical (unpaired) electrons. The number of hydrogen-bond acceptors (Lipinski definition) is 10. The Balaban J connectivity index is 0.948. The number of rotatable bonds is 10. The van der Waals surface area contributed by atoms with Crippen LogP contribution < -0.4 is 20.1 Å². The lowest BCUT2D eigenvalue weighted by molar-refractivity contribution is -0.385. The van der Waals surface area contributed by atoms with Crippen LogP contribution in [0.2, 0.25) is 0 Å². The van der Waals surface area contributed by atoms with Gasteiger partial charge >= 0.3 is 6.18 Å². The van der Waals surface area contributed by atoms with Gasteiger partial charge in [0, 0.05) is 62.0 Å². The highest BCUT2D eigenvalue weighted by molar-refractivity contribution is 5.92. The van der Waals surface area contributed by atoms with E-state index in [1.807, 2.05) is 4.90 Å². The summed E-state index contributed by atoms with van der Waals surface area (Å²) in [6, 6.07) is 5.26. The minimum absolute atomic E-state index is 0.0625. The predicted octanol–water partition coefficient (Wildman–Crippen LogP) is 7.69. The van der Waals surface area contributed by atoms with E-state index in [-0.39, 0.29) is 23.5 Å². The minimum atomic E-state index is -4.76. The van der Waals surface area contributed by atoms with Gasteiger partial charge in [-0.3, -0.25) is 14.9 Å². The molecule has 1 atom stereocenters. The Bertz CT molecular complexity index is 1880. The van der Waals surface area contributed by atoms with Gasteiger partial charge < -0.3 is 29.9 Å². The third-order valence-electron chi connectivity index (χ3n) is 12.8. The number of fused-ring (bicyclic) bond motifs is 1. The molecule has 15 heteroatoms. The fourth-order valence-electron chi connectivity index (χ4n) is 9.35. The van der Waals surface area contributed by atoms with Gasteiger partial charge in [-0.15, -0.1) is 0 Å². The van der Waals surface area contributed by atoms with Gasteiger partial charge in [0.05, 0.1) is 29.2 Å². The Labute approximate surface area is 326 Å². The van der Waals surface area contributed by atoms with Crippen LogP contribution in [0.1, 0.15) is 94.1 Å². The van der Waals surface area contributed by atoms with E-state index in [1.165, 1.54) is 65.3 Å². The first-order chi connectivity index (χ1) is 26.8. The molecule has 1 spiro atoms. The maximum atomic E-state index is 13.6. The van der Waals surface area contributed by atoms with Crippen molar-refractivity contribution in [3.8, 4) is 11.5 Å². The molecule has 7 rings (SSSR count). The van der Waals surface area contributed by atoms with Crippen molar-refractivity contribution in [2.45, 2.75) is 96.4 Å². The van der Waals surface area contributed by atoms with E-state index in [9.17, 15) is 28.1 Å². The molecular weight excluding hydrogens is 727 g/mol. The molecule has 56 heavy (non-hydrogen) atoms. The first kappa shape index (κ1) is 40.0. The second-order valence-electron chi connectivity index (χ2n) is 16.5. The predicted molar refractivity (Wildman–Crippen MR) is 207 cm³/mol. The number of aryl methyl sites for hydroxylation is 1. The van der Waals surface area contributed by atoms with E-state index < -0.39 is 28.4 Å². The third-order valence-corrected chi connectivity index (χ3v) is 12.8. The second kappa shape index (κ2) is 16.7. The number of hydrogen-bond donors (Lipinski definition) is 2. The monoisotopic (exact) mass is 781 g/mol. The minimum Gasteiger partial charge on any atom is -0.493 e. The molecule has 304 valence electrons. The number of likely N-dealkylation sites (tertiary alicyclic amines) is 2. The molecule has 0 bridgehead atoms. The molecule has 0 unspecified atom stereocenters. The number of piperidine rings is 3. The van der Waals surface area contributed by atoms with Crippen LogP contribution in [0.25, 0.3) is 10.9 Å². The molecule has 3 saturated heterocycles. The number of benzene rings is 2. The van der Waals surface area contributed by atoms with Gasteiger partial charge in [0.15, 0.2) is 11.5 Å². The molecule has 1 aromatic heterocycles. The molecule has 4 fully saturated rings. The Morgan fingerprint density at radius 2 is 1.68 bits per heavy atom. The Hall–Kier alpha value is -4.24. The van der Waals surface area contributed by atoms with Crippen molar-refractivity contribution in [3.05, 3.63) is 57.4 Å². The van der Waals surface area contributed by atoms with Gasteiger partial charge in [-0.2, -0.15) is 13.2 Å². The average Bonchev–Trinajstić information content (AvgIpc) is 3.19. The van der Waals surface area contributed by atoms with Crippen LogP contribution in [0.15, 0.2) is 30.3 Å². The van der Waals surface area contributed by atoms with E-state index in [0.717, 1.165) is 44.0 Å². The number of nitrogens with one attached hydrogen (secondary N) is 2. The smallest absolute Gasteiger partial charge is 0.416 e. The first-order valence-electron chi connectivity index (χ1n) is 20.2. The van der Waals surface area contributed by atoms with E-state index >= 15 is 0 Å². The number of anilines is 1. The number of methoxy groups -OCH3 is 1. The number of amides is 1. The highest BCUT2D eigenvalue weighted by atomic mass is 19.4. The number of ether oxygens (including phenoxy) is 2. The highest BCUT2D eigenvalue weighted by Gasteiger charge is 2.38. The van der Waals surface area contributed by atoms with Crippen molar-refractivity contribution in [1.82, 2.24) is 25.1 Å². The van der Waals surface area contributed by atoms with Crippen LogP contribution in [0, 0.1) is 34.3 Å². The molecule has 4 heterocycles. The summed E-state index contributed by atoms with van der Waals surface area (Å²) in [5, 5.41) is 18.7. The molecule has 3 aliphatic heterocycles. The lowest BCUT2D eigenvalue weighted by Crippen LogP contribution is -2.47. The maximum Gasteiger partial charge on any atom is 0.416 e. The van der Waals surface area contributed by atoms with Gasteiger partial charge in [0.2, 0.25) is 5.91 Å². The maximum absolute atomic E-state index is 13.6. The van der Waals surface area contributed by atoms with Crippen molar-refractivity contribution in [2.24, 2.45) is 17.3 Å². The van der Waals surface area contributed by atoms with Crippen molar-refractivity contribution in [3.63, 3.8) is 0 Å². The summed E-state index contributed by atoms with van der Waals surface area (Å²) in [6.07, 6.45) is 6.29. The molecule has 2 aromatic carbocycles. The summed E-state index contributed by atoms with van der Waals surface area (Å²) < 4.78 is 53.1. The lowest BCUT2D eigenvalue weighted by atomic mass is 9.65. The number of nitrogens with zero attached hydrogens (tertiary/aromatic N) is 5. The number of nitro groups is 1. The van der Waals surface area contributed by atoms with Gasteiger partial charge in [-0.05, 0) is 120 Å². The number of carbonyl (C=O) groups excluding carboxylic acids is 1. The van der Waals surface area contributed by atoms with E-state index in [1.54, 1.807) is 26.0 Å². The Morgan fingerprint density at radius 1 is 0.982 bits per heavy atom. The lowest BCUT2D eigenvalue weighted by Gasteiger charge is -2.44. The van der Waals surface area contributed by atoms with Crippen LogP contribution in [0.4, 0.5) is 24.7 Å². The van der Waals surface area contributed by atoms with Crippen LogP contribution in [0.3, 0.4) is 0 Å². The summed E-state index contributed by atoms with van der Waals surface area (Å²) >= 11 is 0. The van der Waals surface area contributed by atoms with Gasteiger partial charge in [-0.1, -0.05) is 0 Å². The van der Waals surface area contributed by atoms with Crippen LogP contribution in [0.5, 0.6) is 11.5 Å². The summed E-state index contributed by atoms with van der Waals surface area (Å²) in [4.78, 5) is 37.9. The number of nitro benzene ring substituents is 1. The van der Waals surface area contributed by atoms with E-state index in [4.69, 9.17) is 9.47 Å². The van der Waals surface area contributed by atoms with E-state index in [0.29, 0.717) is 71.5 Å². The fraction of sp³-hybridized carbons (Fsp3) is 0.634. The van der Waals surface area contributed by atoms with Crippen molar-refractivity contribution in [2.75, 3.05) is 58.2 Å². The molecule has 12 nitrogen and oxygen atoms in total. The molecule has 1 saturated carbocycles. The summed E-state index contributed by atoms with van der Waals surface area (Å²) in [7, 11) is 1.54. The van der Waals surface area contributed by atoms with Crippen LogP contribution >= 0.6 is 0 Å². The normalized spacial score (nSPS) is 20.9. The molecular formula is C41H54F3N7O5. The highest BCUT2D eigenvalue weighted by Crippen LogP contribution is 2.45. The van der Waals surface area contributed by atoms with E-state index in [2.05, 4.69) is 25.5 Å². The molecule has 1 amide bonds. The van der Waals surface area contributed by atoms with Crippen molar-refractivity contribution >= 4 is 28.3 Å². The zero-order chi connectivity index (χ0) is 39.6. The SMILES string of the molecule is COc1cc2nc(C)nc(N[C@H](C)c3cc([N+](=O)[O-])cc(C(F)(F)F)c3)c2cc1OC1CCN(C(=O)C2CCN(CC3CCC4(CCNCC4)CC3)CC2)CC1. The number of non-ortho nitro benzene ring substituents is 1. The van der Waals surface area contributed by atoms with Gasteiger partial charge in [0.25, 0.3) is 5.69 Å². The molecule has 1 aliphatic carbocycles. The van der Waals surface area contributed by atoms with Crippen LogP contribution in [-0.2, 0) is 11.0 Å². The number of halogens is 3.